The van der Waals surface area contributed by atoms with Gasteiger partial charge in [-0.1, -0.05) is 30.3 Å². The molecule has 2 fully saturated rings. The Balaban J connectivity index is 1.51. The maximum absolute atomic E-state index is 12.6. The molecule has 0 saturated heterocycles. The summed E-state index contributed by atoms with van der Waals surface area (Å²) in [6.45, 7) is 3.30. The lowest BCUT2D eigenvalue weighted by atomic mass is 9.85. The van der Waals surface area contributed by atoms with Gasteiger partial charge in [0.1, 0.15) is 0 Å². The average Bonchev–Trinajstić information content (AvgIpc) is 3.39. The van der Waals surface area contributed by atoms with E-state index >= 15 is 0 Å². The molecule has 2 saturated carbocycles. The Morgan fingerprint density at radius 1 is 1.27 bits per heavy atom. The molecule has 0 spiro atoms. The van der Waals surface area contributed by atoms with Crippen molar-refractivity contribution in [3.05, 3.63) is 35.9 Å². The van der Waals surface area contributed by atoms with Crippen LogP contribution in [0.25, 0.3) is 0 Å². The number of rotatable bonds is 10. The molecule has 0 aromatic heterocycles. The zero-order chi connectivity index (χ0) is 18.5. The molecular weight excluding hydrogens is 332 g/mol. The summed E-state index contributed by atoms with van der Waals surface area (Å²) in [4.78, 5) is 25.8. The molecule has 0 radical (unpaired) electrons. The predicted octanol–water partition coefficient (Wildman–Crippen LogP) is 2.21. The number of carbonyl (C=O) groups excluding carboxylic acids is 1. The third kappa shape index (κ3) is 5.05. The molecular formula is C20H28N2O4. The van der Waals surface area contributed by atoms with Gasteiger partial charge in [-0.2, -0.15) is 0 Å². The van der Waals surface area contributed by atoms with Crippen LogP contribution in [0.15, 0.2) is 30.3 Å². The van der Waals surface area contributed by atoms with Gasteiger partial charge >= 0.3 is 5.97 Å². The van der Waals surface area contributed by atoms with E-state index in [1.165, 1.54) is 12.8 Å². The summed E-state index contributed by atoms with van der Waals surface area (Å²) in [5.41, 5.74) is 0.851. The SMILES string of the molecule is CCOC(C(=O)NC1CC(N(CC(=O)O)CC2CC2)C1)c1ccccc1. The zero-order valence-electron chi connectivity index (χ0n) is 15.3. The Bertz CT molecular complexity index is 611. The Kier molecular flexibility index (Phi) is 6.27. The second-order valence-corrected chi connectivity index (χ2v) is 7.34. The quantitative estimate of drug-likeness (QED) is 0.669. The molecule has 26 heavy (non-hydrogen) atoms. The molecule has 2 N–H and O–H groups in total. The van der Waals surface area contributed by atoms with Crippen LogP contribution in [0.2, 0.25) is 0 Å². The fourth-order valence-corrected chi connectivity index (χ4v) is 3.55. The fourth-order valence-electron chi connectivity index (χ4n) is 3.55. The summed E-state index contributed by atoms with van der Waals surface area (Å²) >= 11 is 0. The van der Waals surface area contributed by atoms with Crippen LogP contribution in [0.1, 0.15) is 44.3 Å². The number of aliphatic carboxylic acids is 1. The van der Waals surface area contributed by atoms with Gasteiger partial charge in [0, 0.05) is 25.2 Å². The minimum atomic E-state index is -0.779. The summed E-state index contributed by atoms with van der Waals surface area (Å²) in [5.74, 6) is -0.240. The molecule has 1 aromatic carbocycles. The molecule has 0 aliphatic heterocycles. The molecule has 1 amide bonds. The van der Waals surface area contributed by atoms with Gasteiger partial charge in [0.05, 0.1) is 6.54 Å². The lowest BCUT2D eigenvalue weighted by Gasteiger charge is -2.43. The minimum absolute atomic E-state index is 0.0907. The molecule has 1 unspecified atom stereocenters. The molecule has 2 aliphatic rings. The lowest BCUT2D eigenvalue weighted by molar-refractivity contribution is -0.140. The van der Waals surface area contributed by atoms with E-state index in [4.69, 9.17) is 9.84 Å². The second-order valence-electron chi connectivity index (χ2n) is 7.34. The molecule has 1 atom stereocenters. The lowest BCUT2D eigenvalue weighted by Crippen LogP contribution is -2.56. The molecule has 6 heteroatoms. The molecule has 6 nitrogen and oxygen atoms in total. The van der Waals surface area contributed by atoms with E-state index in [0.29, 0.717) is 12.5 Å². The number of carboxylic acids is 1. The van der Waals surface area contributed by atoms with E-state index < -0.39 is 12.1 Å². The number of amides is 1. The van der Waals surface area contributed by atoms with Gasteiger partial charge in [-0.15, -0.1) is 0 Å². The molecule has 0 bridgehead atoms. The molecule has 2 aliphatic carbocycles. The van der Waals surface area contributed by atoms with E-state index in [1.807, 2.05) is 37.3 Å². The maximum atomic E-state index is 12.6. The molecule has 3 rings (SSSR count). The van der Waals surface area contributed by atoms with Gasteiger partial charge in [-0.3, -0.25) is 14.5 Å². The normalized spacial score (nSPS) is 23.3. The van der Waals surface area contributed by atoms with Gasteiger partial charge < -0.3 is 15.2 Å². The first-order valence-electron chi connectivity index (χ1n) is 9.49. The third-order valence-corrected chi connectivity index (χ3v) is 5.18. The average molecular weight is 360 g/mol. The zero-order valence-corrected chi connectivity index (χ0v) is 15.3. The highest BCUT2D eigenvalue weighted by Gasteiger charge is 2.38. The van der Waals surface area contributed by atoms with Crippen LogP contribution in [0, 0.1) is 5.92 Å². The van der Waals surface area contributed by atoms with Crippen LogP contribution in [0.4, 0.5) is 0 Å². The van der Waals surface area contributed by atoms with E-state index in [0.717, 1.165) is 24.9 Å². The third-order valence-electron chi connectivity index (χ3n) is 5.18. The first kappa shape index (κ1) is 18.9. The van der Waals surface area contributed by atoms with Crippen LogP contribution in [0.3, 0.4) is 0 Å². The smallest absolute Gasteiger partial charge is 0.317 e. The Morgan fingerprint density at radius 3 is 2.54 bits per heavy atom. The van der Waals surface area contributed by atoms with Crippen molar-refractivity contribution < 1.29 is 19.4 Å². The van der Waals surface area contributed by atoms with Gasteiger partial charge in [0.2, 0.25) is 0 Å². The number of carbonyl (C=O) groups is 2. The van der Waals surface area contributed by atoms with Gasteiger partial charge in [0.25, 0.3) is 5.91 Å². The van der Waals surface area contributed by atoms with Crippen molar-refractivity contribution in [2.45, 2.75) is 50.8 Å². The number of carboxylic acid groups (broad SMARTS) is 1. The second kappa shape index (κ2) is 8.64. The summed E-state index contributed by atoms with van der Waals surface area (Å²) in [5, 5.41) is 12.2. The number of benzene rings is 1. The van der Waals surface area contributed by atoms with E-state index in [-0.39, 0.29) is 24.5 Å². The number of hydrogen-bond acceptors (Lipinski definition) is 4. The van der Waals surface area contributed by atoms with Crippen molar-refractivity contribution in [1.29, 1.82) is 0 Å². The van der Waals surface area contributed by atoms with E-state index in [9.17, 15) is 9.59 Å². The highest BCUT2D eigenvalue weighted by atomic mass is 16.5. The summed E-state index contributed by atoms with van der Waals surface area (Å²) in [6.07, 6.45) is 3.42. The van der Waals surface area contributed by atoms with Crippen LogP contribution < -0.4 is 5.32 Å². The number of nitrogens with one attached hydrogen (secondary N) is 1. The fraction of sp³-hybridized carbons (Fsp3) is 0.600. The number of nitrogens with zero attached hydrogens (tertiary/aromatic N) is 1. The maximum Gasteiger partial charge on any atom is 0.317 e. The van der Waals surface area contributed by atoms with Crippen molar-refractivity contribution in [3.63, 3.8) is 0 Å². The van der Waals surface area contributed by atoms with E-state index in [1.54, 1.807) is 0 Å². The molecule has 0 heterocycles. The summed E-state index contributed by atoms with van der Waals surface area (Å²) in [7, 11) is 0. The predicted molar refractivity (Wildman–Crippen MR) is 97.7 cm³/mol. The highest BCUT2D eigenvalue weighted by molar-refractivity contribution is 5.82. The Labute approximate surface area is 154 Å². The Morgan fingerprint density at radius 2 is 1.96 bits per heavy atom. The standard InChI is InChI=1S/C20H28N2O4/c1-2-26-19(15-6-4-3-5-7-15)20(25)21-16-10-17(11-16)22(13-18(23)24)12-14-8-9-14/h3-7,14,16-17,19H,2,8-13H2,1H3,(H,21,25)(H,23,24). The van der Waals surface area contributed by atoms with E-state index in [2.05, 4.69) is 10.2 Å². The molecule has 1 aromatic rings. The Hall–Kier alpha value is -1.92. The van der Waals surface area contributed by atoms with Crippen LogP contribution >= 0.6 is 0 Å². The number of hydrogen-bond donors (Lipinski definition) is 2. The largest absolute Gasteiger partial charge is 0.480 e. The minimum Gasteiger partial charge on any atom is -0.480 e. The molecule has 142 valence electrons. The first-order chi connectivity index (χ1) is 12.6. The van der Waals surface area contributed by atoms with Crippen LogP contribution in [-0.4, -0.2) is 53.7 Å². The van der Waals surface area contributed by atoms with Gasteiger partial charge in [0.15, 0.2) is 6.10 Å². The van der Waals surface area contributed by atoms with Gasteiger partial charge in [-0.05, 0) is 44.1 Å². The van der Waals surface area contributed by atoms with Crippen LogP contribution in [-0.2, 0) is 14.3 Å². The van der Waals surface area contributed by atoms with Crippen molar-refractivity contribution in [3.8, 4) is 0 Å². The highest BCUT2D eigenvalue weighted by Crippen LogP contribution is 2.34. The summed E-state index contributed by atoms with van der Waals surface area (Å²) < 4.78 is 5.65. The van der Waals surface area contributed by atoms with Crippen LogP contribution in [0.5, 0.6) is 0 Å². The monoisotopic (exact) mass is 360 g/mol. The first-order valence-corrected chi connectivity index (χ1v) is 9.49. The van der Waals surface area contributed by atoms with Crippen molar-refractivity contribution >= 4 is 11.9 Å². The summed E-state index contributed by atoms with van der Waals surface area (Å²) in [6, 6.07) is 9.85. The number of ether oxygens (including phenoxy) is 1. The van der Waals surface area contributed by atoms with Crippen molar-refractivity contribution in [2.24, 2.45) is 5.92 Å². The van der Waals surface area contributed by atoms with Crippen molar-refractivity contribution in [1.82, 2.24) is 10.2 Å². The topological polar surface area (TPSA) is 78.9 Å². The van der Waals surface area contributed by atoms with Gasteiger partial charge in [-0.25, -0.2) is 0 Å². The van der Waals surface area contributed by atoms with Crippen molar-refractivity contribution in [2.75, 3.05) is 19.7 Å².